The van der Waals surface area contributed by atoms with Gasteiger partial charge in [-0.3, -0.25) is 5.10 Å². The maximum Gasteiger partial charge on any atom is 0.245 e. The van der Waals surface area contributed by atoms with Crippen molar-refractivity contribution in [3.05, 3.63) is 47.9 Å². The summed E-state index contributed by atoms with van der Waals surface area (Å²) in [6, 6.07) is 8.75. The number of aromatic nitrogens is 4. The molecule has 0 amide bonds. The van der Waals surface area contributed by atoms with Crippen molar-refractivity contribution in [1.82, 2.24) is 25.1 Å². The summed E-state index contributed by atoms with van der Waals surface area (Å²) in [5, 5.41) is 18.9. The molecule has 10 heteroatoms. The van der Waals surface area contributed by atoms with Crippen LogP contribution in [0.25, 0.3) is 11.3 Å². The van der Waals surface area contributed by atoms with Crippen LogP contribution in [-0.2, 0) is 0 Å². The van der Waals surface area contributed by atoms with Gasteiger partial charge < -0.3 is 15.0 Å². The molecule has 3 rings (SSSR count). The van der Waals surface area contributed by atoms with Crippen LogP contribution in [0, 0.1) is 11.3 Å². The third-order valence-electron chi connectivity index (χ3n) is 4.74. The number of rotatable bonds is 9. The first-order valence-electron chi connectivity index (χ1n) is 9.57. The van der Waals surface area contributed by atoms with Crippen molar-refractivity contribution in [3.8, 4) is 23.1 Å². The van der Waals surface area contributed by atoms with Crippen LogP contribution in [0.15, 0.2) is 36.7 Å². The average Bonchev–Trinajstić information content (AvgIpc) is 3.22. The Kier molecular flexibility index (Phi) is 7.10. The fourth-order valence-corrected chi connectivity index (χ4v) is 3.10. The molecule has 8 nitrogen and oxygen atoms in total. The zero-order valence-corrected chi connectivity index (χ0v) is 17.4. The molecule has 0 aliphatic carbocycles. The highest BCUT2D eigenvalue weighted by Crippen LogP contribution is 2.35. The highest BCUT2D eigenvalue weighted by Gasteiger charge is 2.24. The largest absolute Gasteiger partial charge is 0.496 e. The van der Waals surface area contributed by atoms with Crippen molar-refractivity contribution in [2.75, 3.05) is 33.1 Å². The first kappa shape index (κ1) is 22.1. The van der Waals surface area contributed by atoms with Gasteiger partial charge in [0.1, 0.15) is 17.6 Å². The molecule has 31 heavy (non-hydrogen) atoms. The molecule has 0 saturated heterocycles. The summed E-state index contributed by atoms with van der Waals surface area (Å²) < 4.78 is 32.8. The van der Waals surface area contributed by atoms with Gasteiger partial charge in [0.15, 0.2) is 11.5 Å². The lowest BCUT2D eigenvalue weighted by molar-refractivity contribution is 0.106. The van der Waals surface area contributed by atoms with Crippen LogP contribution in [0.4, 0.5) is 20.4 Å². The molecule has 0 aliphatic rings. The number of H-pyrrole nitrogens is 1. The maximum absolute atomic E-state index is 13.6. The summed E-state index contributed by atoms with van der Waals surface area (Å²) in [6.45, 7) is 0.562. The van der Waals surface area contributed by atoms with Crippen LogP contribution in [0.3, 0.4) is 0 Å². The van der Waals surface area contributed by atoms with E-state index in [1.54, 1.807) is 24.3 Å². The molecule has 2 aromatic heterocycles. The van der Waals surface area contributed by atoms with E-state index in [9.17, 15) is 8.78 Å². The molecule has 0 fully saturated rings. The van der Waals surface area contributed by atoms with Gasteiger partial charge in [-0.25, -0.2) is 18.7 Å². The first-order valence-corrected chi connectivity index (χ1v) is 9.57. The molecule has 3 aromatic rings. The number of alkyl halides is 2. The number of aromatic amines is 1. The fraction of sp³-hybridized carbons (Fsp3) is 0.333. The summed E-state index contributed by atoms with van der Waals surface area (Å²) >= 11 is 0. The minimum atomic E-state index is -2.47. The predicted octanol–water partition coefficient (Wildman–Crippen LogP) is 3.79. The highest BCUT2D eigenvalue weighted by atomic mass is 19.3. The van der Waals surface area contributed by atoms with E-state index in [0.717, 1.165) is 0 Å². The van der Waals surface area contributed by atoms with Gasteiger partial charge in [-0.1, -0.05) is 6.07 Å². The van der Waals surface area contributed by atoms with Gasteiger partial charge in [-0.05, 0) is 44.8 Å². The molecule has 0 bridgehead atoms. The van der Waals surface area contributed by atoms with Crippen molar-refractivity contribution in [2.45, 2.75) is 18.8 Å². The molecule has 1 unspecified atom stereocenters. The van der Waals surface area contributed by atoms with Crippen molar-refractivity contribution in [2.24, 2.45) is 0 Å². The predicted molar refractivity (Wildman–Crippen MR) is 113 cm³/mol. The van der Waals surface area contributed by atoms with Gasteiger partial charge in [-0.15, -0.1) is 0 Å². The molecule has 0 spiro atoms. The second-order valence-electron chi connectivity index (χ2n) is 7.18. The Morgan fingerprint density at radius 3 is 2.61 bits per heavy atom. The molecular formula is C21H23F2N7O. The molecule has 2 heterocycles. The number of methoxy groups -OCH3 is 1. The summed E-state index contributed by atoms with van der Waals surface area (Å²) in [5.41, 5.74) is 2.08. The van der Waals surface area contributed by atoms with Crippen molar-refractivity contribution in [3.63, 3.8) is 0 Å². The zero-order chi connectivity index (χ0) is 22.4. The Labute approximate surface area is 178 Å². The van der Waals surface area contributed by atoms with E-state index in [2.05, 4.69) is 25.5 Å². The zero-order valence-electron chi connectivity index (χ0n) is 17.4. The SMILES string of the molecule is COc1cc(C(CCN(C)C)C(F)F)ccc1-c1cc(Nc2cnc(C#N)cn2)n[nH]1. The Hall–Kier alpha value is -3.58. The Morgan fingerprint density at radius 1 is 1.19 bits per heavy atom. The Bertz CT molecular complexity index is 1040. The van der Waals surface area contributed by atoms with E-state index in [1.165, 1.54) is 19.5 Å². The minimum Gasteiger partial charge on any atom is -0.496 e. The molecule has 0 radical (unpaired) electrons. The lowest BCUT2D eigenvalue weighted by atomic mass is 9.94. The van der Waals surface area contributed by atoms with E-state index in [1.807, 2.05) is 25.1 Å². The van der Waals surface area contributed by atoms with E-state index in [0.29, 0.717) is 47.2 Å². The van der Waals surface area contributed by atoms with Crippen molar-refractivity contribution in [1.29, 1.82) is 5.26 Å². The van der Waals surface area contributed by atoms with E-state index >= 15 is 0 Å². The highest BCUT2D eigenvalue weighted by molar-refractivity contribution is 5.71. The van der Waals surface area contributed by atoms with E-state index in [4.69, 9.17) is 10.00 Å². The number of nitrogens with zero attached hydrogens (tertiary/aromatic N) is 5. The molecule has 0 aliphatic heterocycles. The first-order chi connectivity index (χ1) is 14.9. The summed E-state index contributed by atoms with van der Waals surface area (Å²) in [6.07, 6.45) is 0.664. The number of nitriles is 1. The van der Waals surface area contributed by atoms with E-state index < -0.39 is 12.3 Å². The molecule has 162 valence electrons. The Morgan fingerprint density at radius 2 is 2.00 bits per heavy atom. The number of nitrogens with one attached hydrogen (secondary N) is 2. The molecule has 2 N–H and O–H groups in total. The van der Waals surface area contributed by atoms with Gasteiger partial charge in [0.05, 0.1) is 25.2 Å². The number of hydrogen-bond donors (Lipinski definition) is 2. The molecule has 1 aromatic carbocycles. The third-order valence-corrected chi connectivity index (χ3v) is 4.74. The van der Waals surface area contributed by atoms with Crippen LogP contribution >= 0.6 is 0 Å². The maximum atomic E-state index is 13.6. The summed E-state index contributed by atoms with van der Waals surface area (Å²) in [4.78, 5) is 9.92. The van der Waals surface area contributed by atoms with E-state index in [-0.39, 0.29) is 5.69 Å². The van der Waals surface area contributed by atoms with Gasteiger partial charge in [0, 0.05) is 17.5 Å². The van der Waals surface area contributed by atoms with Crippen LogP contribution in [0.2, 0.25) is 0 Å². The van der Waals surface area contributed by atoms with Crippen molar-refractivity contribution >= 4 is 11.6 Å². The normalized spacial score (nSPS) is 12.1. The summed E-state index contributed by atoms with van der Waals surface area (Å²) in [7, 11) is 5.22. The lowest BCUT2D eigenvalue weighted by Gasteiger charge is -2.20. The number of benzene rings is 1. The number of anilines is 2. The second-order valence-corrected chi connectivity index (χ2v) is 7.18. The van der Waals surface area contributed by atoms with Crippen LogP contribution in [0.5, 0.6) is 5.75 Å². The standard InChI is InChI=1S/C21H23F2N7O/c1-30(2)7-6-15(21(22)23)13-4-5-16(18(8-13)31-3)17-9-19(29-28-17)27-20-12-25-14(10-24)11-26-20/h4-5,8-9,11-12,15,21H,6-7H2,1-3H3,(H2,26,27,28,29). The van der Waals surface area contributed by atoms with Gasteiger partial charge in [0.2, 0.25) is 6.43 Å². The number of halogens is 2. The third kappa shape index (κ3) is 5.52. The van der Waals surface area contributed by atoms with Gasteiger partial charge in [-0.2, -0.15) is 10.4 Å². The number of hydrogen-bond acceptors (Lipinski definition) is 7. The minimum absolute atomic E-state index is 0.214. The van der Waals surface area contributed by atoms with Crippen LogP contribution in [0.1, 0.15) is 23.6 Å². The molecular weight excluding hydrogens is 404 g/mol. The lowest BCUT2D eigenvalue weighted by Crippen LogP contribution is -2.19. The number of ether oxygens (including phenoxy) is 1. The molecule has 0 saturated carbocycles. The second kappa shape index (κ2) is 9.95. The smallest absolute Gasteiger partial charge is 0.245 e. The Balaban J connectivity index is 1.81. The average molecular weight is 427 g/mol. The molecule has 1 atom stereocenters. The van der Waals surface area contributed by atoms with Gasteiger partial charge in [0.25, 0.3) is 0 Å². The quantitative estimate of drug-likeness (QED) is 0.535. The monoisotopic (exact) mass is 427 g/mol. The summed E-state index contributed by atoms with van der Waals surface area (Å²) in [5.74, 6) is 0.511. The fourth-order valence-electron chi connectivity index (χ4n) is 3.10. The van der Waals surface area contributed by atoms with Gasteiger partial charge >= 0.3 is 0 Å². The van der Waals surface area contributed by atoms with Crippen LogP contribution < -0.4 is 10.1 Å². The topological polar surface area (TPSA) is 103 Å². The van der Waals surface area contributed by atoms with Crippen molar-refractivity contribution < 1.29 is 13.5 Å². The van der Waals surface area contributed by atoms with Crippen LogP contribution in [-0.4, -0.2) is 59.2 Å².